The lowest BCUT2D eigenvalue weighted by Gasteiger charge is -2.24. The van der Waals surface area contributed by atoms with E-state index in [4.69, 9.17) is 10.5 Å². The van der Waals surface area contributed by atoms with E-state index in [0.29, 0.717) is 5.92 Å². The molecule has 3 nitrogen and oxygen atoms in total. The van der Waals surface area contributed by atoms with Crippen molar-refractivity contribution < 1.29 is 4.74 Å². The number of rotatable bonds is 5. The quantitative estimate of drug-likeness (QED) is 0.837. The van der Waals surface area contributed by atoms with Crippen molar-refractivity contribution in [3.63, 3.8) is 0 Å². The van der Waals surface area contributed by atoms with Gasteiger partial charge in [-0.3, -0.25) is 0 Å². The number of likely N-dealkylation sites (tertiary alicyclic amines) is 1. The van der Waals surface area contributed by atoms with E-state index in [1.165, 1.54) is 38.8 Å². The molecule has 0 radical (unpaired) electrons. The van der Waals surface area contributed by atoms with Gasteiger partial charge in [-0.05, 0) is 56.6 Å². The SMILES string of the molecule is Cc1cc(OCC(C)CN2CCCCCC2)ccc1N. The molecule has 0 bridgehead atoms. The van der Waals surface area contributed by atoms with E-state index >= 15 is 0 Å². The Bertz CT molecular complexity index is 411. The van der Waals surface area contributed by atoms with Crippen LogP contribution in [0, 0.1) is 12.8 Å². The van der Waals surface area contributed by atoms with Gasteiger partial charge in [-0.1, -0.05) is 19.8 Å². The van der Waals surface area contributed by atoms with Gasteiger partial charge in [0.15, 0.2) is 0 Å². The van der Waals surface area contributed by atoms with Crippen molar-refractivity contribution >= 4 is 5.69 Å². The first kappa shape index (κ1) is 15.2. The Hall–Kier alpha value is -1.22. The summed E-state index contributed by atoms with van der Waals surface area (Å²) in [6.07, 6.45) is 5.49. The van der Waals surface area contributed by atoms with Crippen LogP contribution in [0.3, 0.4) is 0 Å². The van der Waals surface area contributed by atoms with Gasteiger partial charge in [0.1, 0.15) is 5.75 Å². The maximum Gasteiger partial charge on any atom is 0.119 e. The highest BCUT2D eigenvalue weighted by molar-refractivity contribution is 5.49. The van der Waals surface area contributed by atoms with Crippen molar-refractivity contribution in [1.29, 1.82) is 0 Å². The molecule has 1 atom stereocenters. The van der Waals surface area contributed by atoms with E-state index in [-0.39, 0.29) is 0 Å². The van der Waals surface area contributed by atoms with Crippen LogP contribution in [0.4, 0.5) is 5.69 Å². The summed E-state index contributed by atoms with van der Waals surface area (Å²) in [6, 6.07) is 5.90. The molecule has 0 saturated carbocycles. The summed E-state index contributed by atoms with van der Waals surface area (Å²) in [6.45, 7) is 8.72. The molecule has 112 valence electrons. The van der Waals surface area contributed by atoms with E-state index in [1.807, 2.05) is 25.1 Å². The number of ether oxygens (including phenoxy) is 1. The number of hydrogen-bond donors (Lipinski definition) is 1. The minimum Gasteiger partial charge on any atom is -0.493 e. The molecule has 20 heavy (non-hydrogen) atoms. The van der Waals surface area contributed by atoms with Crippen molar-refractivity contribution in [3.05, 3.63) is 23.8 Å². The first-order chi connectivity index (χ1) is 9.65. The van der Waals surface area contributed by atoms with E-state index in [2.05, 4.69) is 11.8 Å². The number of nitrogens with zero attached hydrogens (tertiary/aromatic N) is 1. The summed E-state index contributed by atoms with van der Waals surface area (Å²) < 4.78 is 5.89. The molecule has 0 spiro atoms. The fourth-order valence-electron chi connectivity index (χ4n) is 2.79. The third kappa shape index (κ3) is 4.71. The average molecular weight is 276 g/mol. The molecular weight excluding hydrogens is 248 g/mol. The summed E-state index contributed by atoms with van der Waals surface area (Å²) in [5, 5.41) is 0. The molecular formula is C17H28N2O. The first-order valence-corrected chi connectivity index (χ1v) is 7.86. The van der Waals surface area contributed by atoms with E-state index in [0.717, 1.165) is 30.2 Å². The average Bonchev–Trinajstić information content (AvgIpc) is 2.69. The van der Waals surface area contributed by atoms with Crippen LogP contribution in [0.5, 0.6) is 5.75 Å². The fourth-order valence-corrected chi connectivity index (χ4v) is 2.79. The normalized spacial score (nSPS) is 18.5. The molecule has 1 saturated heterocycles. The van der Waals surface area contributed by atoms with E-state index in [9.17, 15) is 0 Å². The van der Waals surface area contributed by atoms with Gasteiger partial charge in [0.2, 0.25) is 0 Å². The molecule has 0 aromatic heterocycles. The van der Waals surface area contributed by atoms with Crippen LogP contribution in [0.1, 0.15) is 38.2 Å². The maximum atomic E-state index is 5.89. The van der Waals surface area contributed by atoms with E-state index < -0.39 is 0 Å². The Morgan fingerprint density at radius 1 is 1.20 bits per heavy atom. The van der Waals surface area contributed by atoms with Crippen LogP contribution in [0.2, 0.25) is 0 Å². The lowest BCUT2D eigenvalue weighted by molar-refractivity contribution is 0.189. The number of nitrogens with two attached hydrogens (primary N) is 1. The summed E-state index contributed by atoms with van der Waals surface area (Å²) in [7, 11) is 0. The minimum atomic E-state index is 0.561. The first-order valence-electron chi connectivity index (χ1n) is 7.86. The van der Waals surface area contributed by atoms with Crippen molar-refractivity contribution in [2.45, 2.75) is 39.5 Å². The van der Waals surface area contributed by atoms with E-state index in [1.54, 1.807) is 0 Å². The number of benzene rings is 1. The Kier molecular flexibility index (Phi) is 5.72. The molecule has 1 aromatic rings. The largest absolute Gasteiger partial charge is 0.493 e. The molecule has 1 fully saturated rings. The van der Waals surface area contributed by atoms with Gasteiger partial charge in [-0.15, -0.1) is 0 Å². The number of aryl methyl sites for hydroxylation is 1. The minimum absolute atomic E-state index is 0.561. The van der Waals surface area contributed by atoms with Crippen LogP contribution in [0.25, 0.3) is 0 Å². The highest BCUT2D eigenvalue weighted by Crippen LogP contribution is 2.19. The standard InChI is InChI=1S/C17H28N2O/c1-14(12-19-9-5-3-4-6-10-19)13-20-16-7-8-17(18)15(2)11-16/h7-8,11,14H,3-6,9-10,12-13,18H2,1-2H3. The Morgan fingerprint density at radius 3 is 2.55 bits per heavy atom. The lowest BCUT2D eigenvalue weighted by atomic mass is 10.1. The zero-order valence-corrected chi connectivity index (χ0v) is 12.9. The molecule has 2 N–H and O–H groups in total. The van der Waals surface area contributed by atoms with Crippen molar-refractivity contribution in [1.82, 2.24) is 4.90 Å². The van der Waals surface area contributed by atoms with Gasteiger partial charge in [0.25, 0.3) is 0 Å². The molecule has 1 aliphatic rings. The Morgan fingerprint density at radius 2 is 1.90 bits per heavy atom. The van der Waals surface area contributed by atoms with Crippen LogP contribution in [-0.2, 0) is 0 Å². The Balaban J connectivity index is 1.76. The number of nitrogen functional groups attached to an aromatic ring is 1. The lowest BCUT2D eigenvalue weighted by Crippen LogP contribution is -2.31. The Labute approximate surface area is 123 Å². The van der Waals surface area contributed by atoms with Gasteiger partial charge >= 0.3 is 0 Å². The van der Waals surface area contributed by atoms with Crippen molar-refractivity contribution in [2.75, 3.05) is 32.0 Å². The molecule has 0 aliphatic carbocycles. The second-order valence-corrected chi connectivity index (χ2v) is 6.15. The van der Waals surface area contributed by atoms with Gasteiger partial charge < -0.3 is 15.4 Å². The molecule has 1 aromatic carbocycles. The fraction of sp³-hybridized carbons (Fsp3) is 0.647. The second-order valence-electron chi connectivity index (χ2n) is 6.15. The summed E-state index contributed by atoms with van der Waals surface area (Å²) in [5.74, 6) is 1.49. The highest BCUT2D eigenvalue weighted by Gasteiger charge is 2.13. The van der Waals surface area contributed by atoms with Crippen LogP contribution in [0.15, 0.2) is 18.2 Å². The smallest absolute Gasteiger partial charge is 0.119 e. The predicted octanol–water partition coefficient (Wildman–Crippen LogP) is 3.47. The monoisotopic (exact) mass is 276 g/mol. The molecule has 1 heterocycles. The summed E-state index contributed by atoms with van der Waals surface area (Å²) >= 11 is 0. The zero-order valence-electron chi connectivity index (χ0n) is 12.9. The molecule has 0 amide bonds. The van der Waals surface area contributed by atoms with Crippen LogP contribution < -0.4 is 10.5 Å². The summed E-state index contributed by atoms with van der Waals surface area (Å²) in [5.41, 5.74) is 7.74. The van der Waals surface area contributed by atoms with Crippen molar-refractivity contribution in [2.24, 2.45) is 5.92 Å². The topological polar surface area (TPSA) is 38.5 Å². The van der Waals surface area contributed by atoms with Gasteiger partial charge in [0.05, 0.1) is 6.61 Å². The van der Waals surface area contributed by atoms with Gasteiger partial charge in [-0.2, -0.15) is 0 Å². The molecule has 2 rings (SSSR count). The maximum absolute atomic E-state index is 5.89. The van der Waals surface area contributed by atoms with Crippen LogP contribution >= 0.6 is 0 Å². The van der Waals surface area contributed by atoms with Gasteiger partial charge in [-0.25, -0.2) is 0 Å². The predicted molar refractivity (Wildman–Crippen MR) is 85.2 cm³/mol. The zero-order chi connectivity index (χ0) is 14.4. The van der Waals surface area contributed by atoms with Crippen molar-refractivity contribution in [3.8, 4) is 5.75 Å². The third-order valence-electron chi connectivity index (χ3n) is 4.04. The van der Waals surface area contributed by atoms with Crippen LogP contribution in [-0.4, -0.2) is 31.1 Å². The second kappa shape index (κ2) is 7.53. The van der Waals surface area contributed by atoms with Gasteiger partial charge in [0, 0.05) is 18.2 Å². The third-order valence-corrected chi connectivity index (χ3v) is 4.04. The molecule has 1 aliphatic heterocycles. The summed E-state index contributed by atoms with van der Waals surface area (Å²) in [4.78, 5) is 2.59. The number of anilines is 1. The number of hydrogen-bond acceptors (Lipinski definition) is 3. The molecule has 3 heteroatoms. The highest BCUT2D eigenvalue weighted by atomic mass is 16.5. The molecule has 1 unspecified atom stereocenters.